The molecule has 0 bridgehead atoms. The molecule has 1 aliphatic heterocycles. The largest absolute Gasteiger partial charge is 0.330 e. The number of pyridine rings is 1. The first-order valence-electron chi connectivity index (χ1n) is 8.91. The maximum Gasteiger partial charge on any atom is 0.157 e. The van der Waals surface area contributed by atoms with Gasteiger partial charge in [-0.3, -0.25) is 9.58 Å². The SMILES string of the molecule is Cc1nn(C)c2ncc(CN3C[C@@H](CN)[C@H](c4ccccc4)C3)cc12.Cl. The summed E-state index contributed by atoms with van der Waals surface area (Å²) < 4.78 is 1.85. The van der Waals surface area contributed by atoms with Crippen LogP contribution < -0.4 is 5.73 Å². The van der Waals surface area contributed by atoms with Gasteiger partial charge in [0.2, 0.25) is 0 Å². The maximum absolute atomic E-state index is 6.06. The first-order chi connectivity index (χ1) is 12.2. The lowest BCUT2D eigenvalue weighted by Gasteiger charge is -2.17. The number of halogens is 1. The van der Waals surface area contributed by atoms with Crippen LogP contribution in [0.4, 0.5) is 0 Å². The van der Waals surface area contributed by atoms with E-state index in [4.69, 9.17) is 5.73 Å². The average molecular weight is 372 g/mol. The summed E-state index contributed by atoms with van der Waals surface area (Å²) in [4.78, 5) is 7.11. The summed E-state index contributed by atoms with van der Waals surface area (Å²) in [6, 6.07) is 13.0. The van der Waals surface area contributed by atoms with Gasteiger partial charge in [0, 0.05) is 44.2 Å². The maximum atomic E-state index is 6.06. The predicted octanol–water partition coefficient (Wildman–Crippen LogP) is 2.87. The monoisotopic (exact) mass is 371 g/mol. The number of fused-ring (bicyclic) bond motifs is 1. The van der Waals surface area contributed by atoms with E-state index in [2.05, 4.69) is 51.4 Å². The highest BCUT2D eigenvalue weighted by molar-refractivity contribution is 5.85. The van der Waals surface area contributed by atoms with Crippen LogP contribution in [0.25, 0.3) is 11.0 Å². The van der Waals surface area contributed by atoms with Gasteiger partial charge in [0.1, 0.15) is 0 Å². The van der Waals surface area contributed by atoms with Gasteiger partial charge in [-0.05, 0) is 36.6 Å². The van der Waals surface area contributed by atoms with Crippen molar-refractivity contribution in [3.05, 3.63) is 59.4 Å². The van der Waals surface area contributed by atoms with Crippen molar-refractivity contribution in [2.75, 3.05) is 19.6 Å². The lowest BCUT2D eigenvalue weighted by Crippen LogP contribution is -2.23. The molecule has 26 heavy (non-hydrogen) atoms. The van der Waals surface area contributed by atoms with Crippen LogP contribution in [0.3, 0.4) is 0 Å². The molecular formula is C20H26ClN5. The minimum absolute atomic E-state index is 0. The fourth-order valence-corrected chi connectivity index (χ4v) is 4.10. The Balaban J connectivity index is 0.00000196. The molecule has 2 aromatic heterocycles. The van der Waals surface area contributed by atoms with Crippen LogP contribution >= 0.6 is 12.4 Å². The summed E-state index contributed by atoms with van der Waals surface area (Å²) in [5, 5.41) is 5.61. The molecule has 2 N–H and O–H groups in total. The summed E-state index contributed by atoms with van der Waals surface area (Å²) in [6.45, 7) is 5.78. The molecule has 5 nitrogen and oxygen atoms in total. The Hall–Kier alpha value is -1.95. The van der Waals surface area contributed by atoms with Gasteiger partial charge in [0.15, 0.2) is 5.65 Å². The van der Waals surface area contributed by atoms with E-state index >= 15 is 0 Å². The quantitative estimate of drug-likeness (QED) is 0.766. The summed E-state index contributed by atoms with van der Waals surface area (Å²) >= 11 is 0. The topological polar surface area (TPSA) is 60.0 Å². The second-order valence-corrected chi connectivity index (χ2v) is 7.13. The fraction of sp³-hybridized carbons (Fsp3) is 0.400. The van der Waals surface area contributed by atoms with Crippen molar-refractivity contribution < 1.29 is 0 Å². The predicted molar refractivity (Wildman–Crippen MR) is 107 cm³/mol. The molecule has 1 aliphatic rings. The van der Waals surface area contributed by atoms with Crippen molar-refractivity contribution in [1.82, 2.24) is 19.7 Å². The fourth-order valence-electron chi connectivity index (χ4n) is 4.10. The number of rotatable bonds is 4. The van der Waals surface area contributed by atoms with Gasteiger partial charge in [-0.1, -0.05) is 30.3 Å². The third kappa shape index (κ3) is 3.47. The number of hydrogen-bond acceptors (Lipinski definition) is 4. The first kappa shape index (κ1) is 18.8. The van der Waals surface area contributed by atoms with Crippen LogP contribution in [-0.4, -0.2) is 39.3 Å². The lowest BCUT2D eigenvalue weighted by molar-refractivity contribution is 0.316. The zero-order valence-corrected chi connectivity index (χ0v) is 16.1. The average Bonchev–Trinajstić information content (AvgIpc) is 3.16. The Morgan fingerprint density at radius 1 is 1.19 bits per heavy atom. The van der Waals surface area contributed by atoms with Crippen molar-refractivity contribution >= 4 is 23.4 Å². The number of aromatic nitrogens is 3. The highest BCUT2D eigenvalue weighted by Gasteiger charge is 2.32. The molecule has 0 spiro atoms. The minimum atomic E-state index is 0. The van der Waals surface area contributed by atoms with Crippen molar-refractivity contribution in [3.63, 3.8) is 0 Å². The Kier molecular flexibility index (Phi) is 5.61. The molecule has 0 saturated carbocycles. The van der Waals surface area contributed by atoms with Crippen molar-refractivity contribution in [3.8, 4) is 0 Å². The molecule has 2 atom stereocenters. The smallest absolute Gasteiger partial charge is 0.157 e. The minimum Gasteiger partial charge on any atom is -0.330 e. The number of likely N-dealkylation sites (tertiary alicyclic amines) is 1. The van der Waals surface area contributed by atoms with Gasteiger partial charge < -0.3 is 5.73 Å². The molecule has 3 aromatic rings. The molecule has 138 valence electrons. The van der Waals surface area contributed by atoms with E-state index in [9.17, 15) is 0 Å². The summed E-state index contributed by atoms with van der Waals surface area (Å²) in [7, 11) is 1.94. The van der Waals surface area contributed by atoms with Crippen LogP contribution in [0.2, 0.25) is 0 Å². The molecule has 3 heterocycles. The molecule has 1 saturated heterocycles. The standard InChI is InChI=1S/C20H25N5.ClH/c1-14-18-8-15(10-22-20(18)24(2)23-14)11-25-12-17(9-21)19(13-25)16-6-4-3-5-7-16;/h3-8,10,17,19H,9,11-13,21H2,1-2H3;1H/t17-,19+;/m1./s1. The van der Waals surface area contributed by atoms with Crippen LogP contribution in [-0.2, 0) is 13.6 Å². The highest BCUT2D eigenvalue weighted by Crippen LogP contribution is 2.33. The molecule has 4 rings (SSSR count). The van der Waals surface area contributed by atoms with E-state index < -0.39 is 0 Å². The molecule has 0 aliphatic carbocycles. The zero-order valence-electron chi connectivity index (χ0n) is 15.3. The van der Waals surface area contributed by atoms with E-state index in [1.807, 2.05) is 24.9 Å². The third-order valence-electron chi connectivity index (χ3n) is 5.37. The molecule has 0 amide bonds. The van der Waals surface area contributed by atoms with Crippen LogP contribution in [0, 0.1) is 12.8 Å². The zero-order chi connectivity index (χ0) is 17.4. The Labute approximate surface area is 160 Å². The highest BCUT2D eigenvalue weighted by atomic mass is 35.5. The number of hydrogen-bond donors (Lipinski definition) is 1. The van der Waals surface area contributed by atoms with Crippen LogP contribution in [0.5, 0.6) is 0 Å². The van der Waals surface area contributed by atoms with E-state index in [-0.39, 0.29) is 12.4 Å². The number of benzene rings is 1. The number of nitrogens with zero attached hydrogens (tertiary/aromatic N) is 4. The molecule has 0 radical (unpaired) electrons. The Bertz CT molecular complexity index is 877. The van der Waals surface area contributed by atoms with Gasteiger partial charge in [0.05, 0.1) is 5.69 Å². The van der Waals surface area contributed by atoms with E-state index in [1.165, 1.54) is 11.1 Å². The summed E-state index contributed by atoms with van der Waals surface area (Å²) in [6.07, 6.45) is 1.98. The summed E-state index contributed by atoms with van der Waals surface area (Å²) in [5.74, 6) is 1.03. The van der Waals surface area contributed by atoms with Crippen molar-refractivity contribution in [1.29, 1.82) is 0 Å². The van der Waals surface area contributed by atoms with E-state index in [0.717, 1.165) is 42.9 Å². The molecule has 1 fully saturated rings. The molecule has 6 heteroatoms. The van der Waals surface area contributed by atoms with Crippen LogP contribution in [0.1, 0.15) is 22.7 Å². The van der Waals surface area contributed by atoms with E-state index in [1.54, 1.807) is 0 Å². The molecule has 0 unspecified atom stereocenters. The number of nitrogens with two attached hydrogens (primary N) is 1. The van der Waals surface area contributed by atoms with Crippen molar-refractivity contribution in [2.45, 2.75) is 19.4 Å². The van der Waals surface area contributed by atoms with Gasteiger partial charge in [-0.2, -0.15) is 5.10 Å². The van der Waals surface area contributed by atoms with Crippen LogP contribution in [0.15, 0.2) is 42.6 Å². The van der Waals surface area contributed by atoms with Gasteiger partial charge in [-0.25, -0.2) is 4.98 Å². The molecule has 1 aromatic carbocycles. The first-order valence-corrected chi connectivity index (χ1v) is 8.91. The number of aryl methyl sites for hydroxylation is 2. The third-order valence-corrected chi connectivity index (χ3v) is 5.37. The Morgan fingerprint density at radius 2 is 1.96 bits per heavy atom. The van der Waals surface area contributed by atoms with E-state index in [0.29, 0.717) is 11.8 Å². The summed E-state index contributed by atoms with van der Waals surface area (Å²) in [5.41, 5.74) is 10.7. The Morgan fingerprint density at radius 3 is 2.69 bits per heavy atom. The second kappa shape index (κ2) is 7.74. The second-order valence-electron chi connectivity index (χ2n) is 7.13. The van der Waals surface area contributed by atoms with Crippen molar-refractivity contribution in [2.24, 2.45) is 18.7 Å². The normalized spacial score (nSPS) is 20.4. The lowest BCUT2D eigenvalue weighted by atomic mass is 9.89. The van der Waals surface area contributed by atoms with Gasteiger partial charge >= 0.3 is 0 Å². The van der Waals surface area contributed by atoms with Gasteiger partial charge in [-0.15, -0.1) is 12.4 Å². The molecular weight excluding hydrogens is 346 g/mol. The van der Waals surface area contributed by atoms with Gasteiger partial charge in [0.25, 0.3) is 0 Å².